The van der Waals surface area contributed by atoms with E-state index in [0.29, 0.717) is 27.8 Å². The van der Waals surface area contributed by atoms with Gasteiger partial charge in [-0.15, -0.1) is 10.2 Å². The number of benzene rings is 1. The molecule has 1 saturated heterocycles. The molecule has 6 heteroatoms. The van der Waals surface area contributed by atoms with Gasteiger partial charge < -0.3 is 15.0 Å². The summed E-state index contributed by atoms with van der Waals surface area (Å²) in [6.07, 6.45) is 5.21. The Morgan fingerprint density at radius 1 is 1.16 bits per heavy atom. The minimum atomic E-state index is -0.316. The maximum atomic E-state index is 13.6. The van der Waals surface area contributed by atoms with E-state index in [4.69, 9.17) is 4.74 Å². The fraction of sp³-hybridized carbons (Fsp3) is 0.600. The zero-order valence-corrected chi connectivity index (χ0v) is 19.2. The Hall–Kier alpha value is -2.21. The molecule has 31 heavy (non-hydrogen) atoms. The molecular weight excluding hydrogens is 391 g/mol. The van der Waals surface area contributed by atoms with Crippen molar-refractivity contribution >= 4 is 5.82 Å². The highest BCUT2D eigenvalue weighted by Crippen LogP contribution is 2.59. The molecule has 1 aromatic heterocycles. The molecule has 1 spiro atoms. The molecular formula is C25H35FN4O. The van der Waals surface area contributed by atoms with Crippen LogP contribution in [0.15, 0.2) is 30.3 Å². The van der Waals surface area contributed by atoms with Crippen molar-refractivity contribution in [2.45, 2.75) is 46.5 Å². The number of aromatic nitrogens is 2. The summed E-state index contributed by atoms with van der Waals surface area (Å²) in [5.41, 5.74) is 2.17. The van der Waals surface area contributed by atoms with E-state index in [0.717, 1.165) is 18.3 Å². The van der Waals surface area contributed by atoms with Gasteiger partial charge in [-0.05, 0) is 92.4 Å². The number of halogens is 1. The molecule has 168 valence electrons. The van der Waals surface area contributed by atoms with Gasteiger partial charge in [0.25, 0.3) is 0 Å². The zero-order valence-electron chi connectivity index (χ0n) is 19.2. The Kier molecular flexibility index (Phi) is 6.20. The van der Waals surface area contributed by atoms with Gasteiger partial charge in [-0.25, -0.2) is 4.39 Å². The molecule has 4 rings (SSSR count). The first-order chi connectivity index (χ1) is 14.8. The normalized spacial score (nSPS) is 20.6. The summed E-state index contributed by atoms with van der Waals surface area (Å²) in [7, 11) is 1.57. The van der Waals surface area contributed by atoms with Gasteiger partial charge in [0.05, 0.1) is 12.8 Å². The first-order valence-corrected chi connectivity index (χ1v) is 11.4. The fourth-order valence-corrected chi connectivity index (χ4v) is 4.73. The number of rotatable bonds is 7. The Morgan fingerprint density at radius 2 is 1.94 bits per heavy atom. The van der Waals surface area contributed by atoms with Crippen LogP contribution in [-0.4, -0.2) is 48.4 Å². The number of nitrogens with one attached hydrogen (secondary N) is 1. The number of nitrogens with zero attached hydrogens (tertiary/aromatic N) is 3. The number of ether oxygens (including phenoxy) is 1. The second kappa shape index (κ2) is 8.73. The molecule has 2 heterocycles. The zero-order chi connectivity index (χ0) is 22.1. The second-order valence-corrected chi connectivity index (χ2v) is 10.4. The van der Waals surface area contributed by atoms with Crippen LogP contribution in [0.1, 0.15) is 46.5 Å². The summed E-state index contributed by atoms with van der Waals surface area (Å²) in [5.74, 6) is 1.76. The Morgan fingerprint density at radius 3 is 2.58 bits per heavy atom. The largest absolute Gasteiger partial charge is 0.496 e. The van der Waals surface area contributed by atoms with Gasteiger partial charge in [-0.3, -0.25) is 0 Å². The van der Waals surface area contributed by atoms with E-state index in [1.807, 2.05) is 12.1 Å². The number of piperidine rings is 1. The van der Waals surface area contributed by atoms with Crippen LogP contribution in [0.2, 0.25) is 0 Å². The Labute approximate surface area is 185 Å². The lowest BCUT2D eigenvalue weighted by Crippen LogP contribution is -2.37. The first kappa shape index (κ1) is 22.0. The maximum Gasteiger partial charge on any atom is 0.148 e. The molecule has 1 saturated carbocycles. The number of anilines is 1. The molecule has 0 radical (unpaired) electrons. The van der Waals surface area contributed by atoms with Gasteiger partial charge in [-0.2, -0.15) is 0 Å². The first-order valence-electron chi connectivity index (χ1n) is 11.4. The van der Waals surface area contributed by atoms with Gasteiger partial charge >= 0.3 is 0 Å². The van der Waals surface area contributed by atoms with Crippen molar-refractivity contribution in [3.05, 3.63) is 36.1 Å². The molecule has 2 fully saturated rings. The predicted molar refractivity (Wildman–Crippen MR) is 123 cm³/mol. The Balaban J connectivity index is 1.26. The van der Waals surface area contributed by atoms with Crippen LogP contribution in [0.4, 0.5) is 10.2 Å². The second-order valence-electron chi connectivity index (χ2n) is 10.4. The summed E-state index contributed by atoms with van der Waals surface area (Å²) in [6, 6.07) is 8.20. The summed E-state index contributed by atoms with van der Waals surface area (Å²) in [5, 5.41) is 12.1. The van der Waals surface area contributed by atoms with Crippen LogP contribution in [0, 0.1) is 22.6 Å². The molecule has 0 amide bonds. The van der Waals surface area contributed by atoms with E-state index in [2.05, 4.69) is 41.2 Å². The lowest BCUT2D eigenvalue weighted by atomic mass is 9.88. The van der Waals surface area contributed by atoms with E-state index in [1.54, 1.807) is 13.2 Å². The van der Waals surface area contributed by atoms with E-state index in [9.17, 15) is 4.39 Å². The van der Waals surface area contributed by atoms with E-state index >= 15 is 0 Å². The quantitative estimate of drug-likeness (QED) is 0.656. The third kappa shape index (κ3) is 5.35. The molecule has 2 aromatic rings. The third-order valence-electron chi connectivity index (χ3n) is 7.02. The molecule has 1 aliphatic heterocycles. The van der Waals surface area contributed by atoms with E-state index in [1.165, 1.54) is 57.5 Å². The number of hydrogen-bond donors (Lipinski definition) is 1. The van der Waals surface area contributed by atoms with Crippen molar-refractivity contribution in [1.82, 2.24) is 15.1 Å². The van der Waals surface area contributed by atoms with Gasteiger partial charge in [0.1, 0.15) is 17.4 Å². The van der Waals surface area contributed by atoms with Crippen molar-refractivity contribution in [2.24, 2.45) is 16.7 Å². The molecule has 1 aromatic carbocycles. The van der Waals surface area contributed by atoms with Crippen molar-refractivity contribution in [3.8, 4) is 17.0 Å². The minimum Gasteiger partial charge on any atom is -0.496 e. The fourth-order valence-electron chi connectivity index (χ4n) is 4.73. The van der Waals surface area contributed by atoms with Crippen molar-refractivity contribution in [1.29, 1.82) is 0 Å². The lowest BCUT2D eigenvalue weighted by Gasteiger charge is -2.34. The predicted octanol–water partition coefficient (Wildman–Crippen LogP) is 5.24. The van der Waals surface area contributed by atoms with Crippen LogP contribution in [0.3, 0.4) is 0 Å². The summed E-state index contributed by atoms with van der Waals surface area (Å²) >= 11 is 0. The number of likely N-dealkylation sites (tertiary alicyclic amines) is 1. The number of hydrogen-bond acceptors (Lipinski definition) is 5. The standard InChI is InChI=1S/C25H35FN4O/c1-24(2,3)9-12-30-13-10-25(11-14-30)16-18(25)17-27-23-8-6-21(28-29-23)20-15-19(26)5-7-22(20)31-4/h5-8,15,18H,9-14,16-17H2,1-4H3,(H,27,29). The maximum absolute atomic E-state index is 13.6. The van der Waals surface area contributed by atoms with Crippen LogP contribution >= 0.6 is 0 Å². The molecule has 5 nitrogen and oxygen atoms in total. The third-order valence-corrected chi connectivity index (χ3v) is 7.02. The SMILES string of the molecule is COc1ccc(F)cc1-c1ccc(NCC2CC23CCN(CCC(C)(C)C)CC3)nn1. The molecule has 0 bridgehead atoms. The van der Waals surface area contributed by atoms with Gasteiger partial charge in [-0.1, -0.05) is 20.8 Å². The number of methoxy groups -OCH3 is 1. The van der Waals surface area contributed by atoms with E-state index < -0.39 is 0 Å². The average Bonchev–Trinajstić information content (AvgIpc) is 3.43. The highest BCUT2D eigenvalue weighted by molar-refractivity contribution is 5.67. The highest BCUT2D eigenvalue weighted by atomic mass is 19.1. The Bertz CT molecular complexity index is 885. The molecule has 1 atom stereocenters. The van der Waals surface area contributed by atoms with Gasteiger partial charge in [0.15, 0.2) is 0 Å². The molecule has 1 N–H and O–H groups in total. The van der Waals surface area contributed by atoms with Crippen LogP contribution in [0.25, 0.3) is 11.3 Å². The smallest absolute Gasteiger partial charge is 0.148 e. The van der Waals surface area contributed by atoms with Crippen molar-refractivity contribution in [3.63, 3.8) is 0 Å². The van der Waals surface area contributed by atoms with Crippen LogP contribution in [0.5, 0.6) is 5.75 Å². The van der Waals surface area contributed by atoms with Crippen LogP contribution < -0.4 is 10.1 Å². The average molecular weight is 427 g/mol. The van der Waals surface area contributed by atoms with Crippen LogP contribution in [-0.2, 0) is 0 Å². The minimum absolute atomic E-state index is 0.316. The molecule has 1 aliphatic carbocycles. The topological polar surface area (TPSA) is 50.3 Å². The van der Waals surface area contributed by atoms with E-state index in [-0.39, 0.29) is 5.82 Å². The molecule has 1 unspecified atom stereocenters. The summed E-state index contributed by atoms with van der Waals surface area (Å²) < 4.78 is 19.0. The summed E-state index contributed by atoms with van der Waals surface area (Å²) in [4.78, 5) is 2.64. The highest BCUT2D eigenvalue weighted by Gasteiger charge is 2.54. The summed E-state index contributed by atoms with van der Waals surface area (Å²) in [6.45, 7) is 11.6. The lowest BCUT2D eigenvalue weighted by molar-refractivity contribution is 0.147. The van der Waals surface area contributed by atoms with Gasteiger partial charge in [0, 0.05) is 12.1 Å². The molecule has 2 aliphatic rings. The van der Waals surface area contributed by atoms with Crippen molar-refractivity contribution in [2.75, 3.05) is 38.6 Å². The monoisotopic (exact) mass is 426 g/mol. The van der Waals surface area contributed by atoms with Gasteiger partial charge in [0.2, 0.25) is 0 Å². The van der Waals surface area contributed by atoms with Crippen molar-refractivity contribution < 1.29 is 9.13 Å².